The molecule has 0 aromatic rings. The van der Waals surface area contributed by atoms with E-state index in [-0.39, 0.29) is 38.5 Å². The minimum Gasteiger partial charge on any atom is -0.463 e. The van der Waals surface area contributed by atoms with Crippen LogP contribution in [-0.2, 0) is 27.9 Å². The SMILES string of the molecule is CC/C=C\C/C=C\C/C=C\C/C=C\C/C=C\C/C=C\C/C=C\CC(=O)NCCOP(=O)(O)OCC(O)COC(=O)CCCCCCCCC/C=C\C/C=C\CCCCCC. The van der Waals surface area contributed by atoms with E-state index >= 15 is 0 Å². The van der Waals surface area contributed by atoms with Crippen LogP contribution < -0.4 is 5.32 Å². The molecule has 0 heterocycles. The summed E-state index contributed by atoms with van der Waals surface area (Å²) >= 11 is 0. The van der Waals surface area contributed by atoms with Crippen LogP contribution in [-0.4, -0.2) is 54.3 Å². The molecule has 1 amide bonds. The molecule has 2 unspecified atom stereocenters. The number of carbonyl (C=O) groups excluding carboxylic acids is 2. The van der Waals surface area contributed by atoms with Crippen molar-refractivity contribution in [3.05, 3.63) is 109 Å². The summed E-state index contributed by atoms with van der Waals surface area (Å²) in [7, 11) is -4.45. The van der Waals surface area contributed by atoms with E-state index in [9.17, 15) is 24.2 Å². The fourth-order valence-electron chi connectivity index (χ4n) is 5.54. The van der Waals surface area contributed by atoms with Crippen molar-refractivity contribution < 1.29 is 37.9 Å². The number of nitrogens with one attached hydrogen (secondary N) is 1. The second kappa shape index (κ2) is 45.2. The summed E-state index contributed by atoms with van der Waals surface area (Å²) in [4.78, 5) is 33.9. The summed E-state index contributed by atoms with van der Waals surface area (Å²) in [6.07, 6.45) is 60.4. The first-order valence-electron chi connectivity index (χ1n) is 22.9. The van der Waals surface area contributed by atoms with Gasteiger partial charge in [0.25, 0.3) is 0 Å². The maximum atomic E-state index is 12.1. The molecule has 0 aromatic heterocycles. The highest BCUT2D eigenvalue weighted by Gasteiger charge is 2.23. The number of unbranched alkanes of at least 4 members (excludes halogenated alkanes) is 11. The number of allylic oxidation sites excluding steroid dienone is 17. The molecule has 0 aliphatic carbocycles. The molecule has 0 spiro atoms. The molecular formula is C50H82NO8P. The van der Waals surface area contributed by atoms with E-state index in [1.54, 1.807) is 6.08 Å². The van der Waals surface area contributed by atoms with Gasteiger partial charge in [0.1, 0.15) is 12.7 Å². The summed E-state index contributed by atoms with van der Waals surface area (Å²) < 4.78 is 26.9. The average Bonchev–Trinajstić information content (AvgIpc) is 3.23. The number of amides is 1. The third-order valence-corrected chi connectivity index (χ3v) is 9.95. The molecule has 0 fully saturated rings. The highest BCUT2D eigenvalue weighted by molar-refractivity contribution is 7.47. The number of aliphatic hydroxyl groups excluding tert-OH is 1. The highest BCUT2D eigenvalue weighted by Crippen LogP contribution is 2.42. The lowest BCUT2D eigenvalue weighted by atomic mass is 10.1. The Hall–Kier alpha value is -3.33. The van der Waals surface area contributed by atoms with Gasteiger partial charge >= 0.3 is 13.8 Å². The molecule has 0 aliphatic rings. The zero-order valence-corrected chi connectivity index (χ0v) is 38.2. The van der Waals surface area contributed by atoms with Gasteiger partial charge in [0, 0.05) is 19.4 Å². The Bertz CT molecular complexity index is 1340. The van der Waals surface area contributed by atoms with Crippen LogP contribution in [0.5, 0.6) is 0 Å². The molecular weight excluding hydrogens is 774 g/mol. The predicted octanol–water partition coefficient (Wildman–Crippen LogP) is 13.2. The minimum absolute atomic E-state index is 0.0170. The first kappa shape index (κ1) is 56.7. The van der Waals surface area contributed by atoms with Gasteiger partial charge in [0.05, 0.1) is 13.2 Å². The fraction of sp³-hybridized carbons (Fsp3) is 0.600. The van der Waals surface area contributed by atoms with Gasteiger partial charge < -0.3 is 20.1 Å². The van der Waals surface area contributed by atoms with Gasteiger partial charge in [-0.3, -0.25) is 18.6 Å². The normalized spacial score (nSPS) is 14.3. The van der Waals surface area contributed by atoms with E-state index in [4.69, 9.17) is 13.8 Å². The van der Waals surface area contributed by atoms with Crippen molar-refractivity contribution in [1.29, 1.82) is 0 Å². The van der Waals surface area contributed by atoms with E-state index in [0.29, 0.717) is 6.42 Å². The largest absolute Gasteiger partial charge is 0.472 e. The molecule has 10 heteroatoms. The van der Waals surface area contributed by atoms with Gasteiger partial charge in [0.15, 0.2) is 0 Å². The molecule has 0 saturated carbocycles. The second-order valence-electron chi connectivity index (χ2n) is 14.7. The molecule has 60 heavy (non-hydrogen) atoms. The molecule has 0 rings (SSSR count). The monoisotopic (exact) mass is 856 g/mol. The maximum Gasteiger partial charge on any atom is 0.472 e. The number of phosphoric ester groups is 1. The van der Waals surface area contributed by atoms with Crippen LogP contribution in [0.25, 0.3) is 0 Å². The van der Waals surface area contributed by atoms with Crippen molar-refractivity contribution >= 4 is 19.7 Å². The Morgan fingerprint density at radius 3 is 1.48 bits per heavy atom. The number of ether oxygens (including phenoxy) is 1. The van der Waals surface area contributed by atoms with Crippen LogP contribution in [0.1, 0.15) is 162 Å². The Balaban J connectivity index is 3.75. The van der Waals surface area contributed by atoms with Crippen LogP contribution in [0.15, 0.2) is 109 Å². The zero-order chi connectivity index (χ0) is 43.9. The van der Waals surface area contributed by atoms with Crippen LogP contribution in [0.2, 0.25) is 0 Å². The summed E-state index contributed by atoms with van der Waals surface area (Å²) in [5.41, 5.74) is 0. The molecule has 3 N–H and O–H groups in total. The van der Waals surface area contributed by atoms with Gasteiger partial charge in [-0.1, -0.05) is 175 Å². The number of carbonyl (C=O) groups is 2. The first-order valence-corrected chi connectivity index (χ1v) is 24.4. The lowest BCUT2D eigenvalue weighted by Gasteiger charge is -2.15. The van der Waals surface area contributed by atoms with Gasteiger partial charge in [-0.25, -0.2) is 4.57 Å². The molecule has 9 nitrogen and oxygen atoms in total. The molecule has 0 aromatic carbocycles. The third kappa shape index (κ3) is 45.7. The summed E-state index contributed by atoms with van der Waals surface area (Å²) in [5.74, 6) is -0.667. The number of hydrogen-bond donors (Lipinski definition) is 3. The second-order valence-corrected chi connectivity index (χ2v) is 16.1. The van der Waals surface area contributed by atoms with Crippen molar-refractivity contribution in [2.45, 2.75) is 168 Å². The van der Waals surface area contributed by atoms with Crippen LogP contribution in [0.3, 0.4) is 0 Å². The molecule has 0 saturated heterocycles. The minimum atomic E-state index is -4.45. The first-order chi connectivity index (χ1) is 29.3. The predicted molar refractivity (Wildman–Crippen MR) is 252 cm³/mol. The standard InChI is InChI=1S/C50H82NO8P/c1-3-5-7-9-11-13-15-17-19-21-23-24-25-26-28-30-32-34-36-38-40-42-49(53)51-44-45-58-60(55,56)59-47-48(52)46-57-50(54)43-41-39-37-35-33-31-29-27-22-20-18-16-14-12-10-8-6-4-2/h5,7,11,13-14,16-17,19-20,22-24,26,28,32,34,38,40,48,52H,3-4,6,8-10,12,15,18,21,25,27,29-31,33,35-37,39,41-47H2,1-2H3,(H,51,53)(H,55,56)/b7-5-,13-11-,16-14-,19-17-,22-20-,24-23-,28-26-,34-32-,40-38-. The van der Waals surface area contributed by atoms with Gasteiger partial charge in [-0.15, -0.1) is 0 Å². The lowest BCUT2D eigenvalue weighted by Crippen LogP contribution is -2.26. The van der Waals surface area contributed by atoms with Crippen molar-refractivity contribution in [1.82, 2.24) is 5.32 Å². The maximum absolute atomic E-state index is 12.1. The van der Waals surface area contributed by atoms with Crippen molar-refractivity contribution in [2.24, 2.45) is 0 Å². The Labute approximate surface area is 365 Å². The number of hydrogen-bond acceptors (Lipinski definition) is 7. The lowest BCUT2D eigenvalue weighted by molar-refractivity contribution is -0.147. The molecule has 0 bridgehead atoms. The smallest absolute Gasteiger partial charge is 0.463 e. The molecule has 0 radical (unpaired) electrons. The molecule has 2 atom stereocenters. The number of phosphoric acid groups is 1. The highest BCUT2D eigenvalue weighted by atomic mass is 31.2. The van der Waals surface area contributed by atoms with Gasteiger partial charge in [0.2, 0.25) is 5.91 Å². The van der Waals surface area contributed by atoms with Crippen molar-refractivity contribution in [2.75, 3.05) is 26.4 Å². The van der Waals surface area contributed by atoms with Crippen molar-refractivity contribution in [3.8, 4) is 0 Å². The van der Waals surface area contributed by atoms with Crippen LogP contribution in [0.4, 0.5) is 0 Å². The Morgan fingerprint density at radius 1 is 0.550 bits per heavy atom. The summed E-state index contributed by atoms with van der Waals surface area (Å²) in [5, 5.41) is 12.6. The molecule has 340 valence electrons. The quantitative estimate of drug-likeness (QED) is 0.0240. The van der Waals surface area contributed by atoms with E-state index in [2.05, 4.69) is 110 Å². The molecule has 0 aliphatic heterocycles. The summed E-state index contributed by atoms with van der Waals surface area (Å²) in [6, 6.07) is 0. The Morgan fingerprint density at radius 2 is 0.983 bits per heavy atom. The van der Waals surface area contributed by atoms with Crippen LogP contribution in [0, 0.1) is 0 Å². The van der Waals surface area contributed by atoms with Gasteiger partial charge in [-0.2, -0.15) is 0 Å². The Kier molecular flexibility index (Phi) is 42.7. The fourth-order valence-corrected chi connectivity index (χ4v) is 6.30. The van der Waals surface area contributed by atoms with E-state index in [1.807, 2.05) is 12.2 Å². The zero-order valence-electron chi connectivity index (χ0n) is 37.4. The number of rotatable bonds is 41. The van der Waals surface area contributed by atoms with Crippen LogP contribution >= 0.6 is 7.82 Å². The average molecular weight is 856 g/mol. The van der Waals surface area contributed by atoms with E-state index in [0.717, 1.165) is 77.0 Å². The number of esters is 1. The van der Waals surface area contributed by atoms with E-state index in [1.165, 1.54) is 51.4 Å². The third-order valence-electron chi connectivity index (χ3n) is 8.97. The van der Waals surface area contributed by atoms with Gasteiger partial charge in [-0.05, 0) is 83.5 Å². The number of aliphatic hydroxyl groups is 1. The summed E-state index contributed by atoms with van der Waals surface area (Å²) in [6.45, 7) is 3.27. The topological polar surface area (TPSA) is 131 Å². The van der Waals surface area contributed by atoms with Crippen molar-refractivity contribution in [3.63, 3.8) is 0 Å². The van der Waals surface area contributed by atoms with E-state index < -0.39 is 26.5 Å².